The van der Waals surface area contributed by atoms with Gasteiger partial charge in [-0.2, -0.15) is 0 Å². The quantitative estimate of drug-likeness (QED) is 0.483. The van der Waals surface area contributed by atoms with E-state index in [2.05, 4.69) is 22.6 Å². The van der Waals surface area contributed by atoms with Crippen molar-refractivity contribution in [3.63, 3.8) is 0 Å². The number of nitrogens with zero attached hydrogens (tertiary/aromatic N) is 1. The highest BCUT2D eigenvalue weighted by Gasteiger charge is 2.18. The summed E-state index contributed by atoms with van der Waals surface area (Å²) in [5.74, 6) is 0.0925. The van der Waals surface area contributed by atoms with Gasteiger partial charge >= 0.3 is 0 Å². The Bertz CT molecular complexity index is 817. The molecule has 0 saturated carbocycles. The molecule has 3 heteroatoms. The minimum Gasteiger partial charge on any atom is -0.350 e. The van der Waals surface area contributed by atoms with E-state index in [1.165, 1.54) is 0 Å². The van der Waals surface area contributed by atoms with Crippen LogP contribution in [0.25, 0.3) is 10.9 Å². The summed E-state index contributed by atoms with van der Waals surface area (Å²) in [6.45, 7) is 2.03. The molecule has 0 atom stereocenters. The molecule has 0 unspecified atom stereocenters. The molecular formula is C17H14INO. The van der Waals surface area contributed by atoms with Crippen LogP contribution >= 0.6 is 22.6 Å². The lowest BCUT2D eigenvalue weighted by Crippen LogP contribution is -2.04. The first kappa shape index (κ1) is 13.4. The minimum absolute atomic E-state index is 0.0925. The normalized spacial score (nSPS) is 10.9. The van der Waals surface area contributed by atoms with Crippen molar-refractivity contribution in [3.05, 3.63) is 68.9 Å². The van der Waals surface area contributed by atoms with Crippen LogP contribution in [0.3, 0.4) is 0 Å². The number of benzene rings is 2. The van der Waals surface area contributed by atoms with Crippen molar-refractivity contribution in [2.75, 3.05) is 0 Å². The Hall–Kier alpha value is -1.62. The number of halogens is 1. The Morgan fingerprint density at radius 2 is 1.80 bits per heavy atom. The Morgan fingerprint density at radius 1 is 1.05 bits per heavy atom. The number of hydrogen-bond acceptors (Lipinski definition) is 1. The summed E-state index contributed by atoms with van der Waals surface area (Å²) < 4.78 is 3.04. The summed E-state index contributed by atoms with van der Waals surface area (Å²) in [6, 6.07) is 13.9. The van der Waals surface area contributed by atoms with Gasteiger partial charge in [0.25, 0.3) is 0 Å². The van der Waals surface area contributed by atoms with Gasteiger partial charge in [-0.1, -0.05) is 30.3 Å². The monoisotopic (exact) mass is 375 g/mol. The second-order valence-electron chi connectivity index (χ2n) is 4.94. The predicted molar refractivity (Wildman–Crippen MR) is 90.2 cm³/mol. The fourth-order valence-corrected chi connectivity index (χ4v) is 3.10. The van der Waals surface area contributed by atoms with Gasteiger partial charge in [0, 0.05) is 38.8 Å². The number of para-hydroxylation sites is 1. The summed E-state index contributed by atoms with van der Waals surface area (Å²) in [6.07, 6.45) is 1.92. The van der Waals surface area contributed by atoms with Crippen LogP contribution < -0.4 is 0 Å². The molecule has 1 heterocycles. The van der Waals surface area contributed by atoms with Gasteiger partial charge in [-0.3, -0.25) is 4.79 Å². The van der Waals surface area contributed by atoms with E-state index in [4.69, 9.17) is 0 Å². The van der Waals surface area contributed by atoms with Crippen molar-refractivity contribution >= 4 is 39.3 Å². The van der Waals surface area contributed by atoms with Crippen LogP contribution in [0.5, 0.6) is 0 Å². The number of fused-ring (bicyclic) bond motifs is 1. The molecule has 0 amide bonds. The lowest BCUT2D eigenvalue weighted by atomic mass is 10.0. The Kier molecular flexibility index (Phi) is 3.38. The van der Waals surface area contributed by atoms with Crippen molar-refractivity contribution in [2.24, 2.45) is 7.05 Å². The third kappa shape index (κ3) is 2.06. The number of rotatable bonds is 2. The van der Waals surface area contributed by atoms with Crippen molar-refractivity contribution in [2.45, 2.75) is 6.92 Å². The second-order valence-corrected chi connectivity index (χ2v) is 6.02. The zero-order valence-electron chi connectivity index (χ0n) is 11.4. The Balaban J connectivity index is 2.21. The topological polar surface area (TPSA) is 22.0 Å². The first-order valence-electron chi connectivity index (χ1n) is 6.43. The Labute approximate surface area is 131 Å². The number of hydrogen-bond donors (Lipinski definition) is 0. The van der Waals surface area contributed by atoms with E-state index in [9.17, 15) is 4.79 Å². The Morgan fingerprint density at radius 3 is 2.60 bits per heavy atom. The van der Waals surface area contributed by atoms with Crippen LogP contribution in [0.1, 0.15) is 21.5 Å². The summed E-state index contributed by atoms with van der Waals surface area (Å²) in [4.78, 5) is 12.8. The van der Waals surface area contributed by atoms with Gasteiger partial charge in [-0.15, -0.1) is 0 Å². The highest BCUT2D eigenvalue weighted by atomic mass is 127. The summed E-state index contributed by atoms with van der Waals surface area (Å²) in [7, 11) is 1.97. The summed E-state index contributed by atoms with van der Waals surface area (Å²) >= 11 is 2.25. The van der Waals surface area contributed by atoms with Gasteiger partial charge in [0.05, 0.1) is 0 Å². The van der Waals surface area contributed by atoms with Crippen LogP contribution in [-0.2, 0) is 7.05 Å². The average molecular weight is 375 g/mol. The molecule has 0 aliphatic rings. The van der Waals surface area contributed by atoms with E-state index < -0.39 is 0 Å². The van der Waals surface area contributed by atoms with Gasteiger partial charge < -0.3 is 4.57 Å². The lowest BCUT2D eigenvalue weighted by molar-refractivity contribution is 0.103. The first-order valence-corrected chi connectivity index (χ1v) is 7.51. The maximum Gasteiger partial charge on any atom is 0.196 e. The summed E-state index contributed by atoms with van der Waals surface area (Å²) in [5.41, 5.74) is 3.77. The van der Waals surface area contributed by atoms with E-state index in [0.717, 1.165) is 31.2 Å². The molecule has 0 radical (unpaired) electrons. The van der Waals surface area contributed by atoms with Gasteiger partial charge in [-0.25, -0.2) is 0 Å². The zero-order chi connectivity index (χ0) is 14.3. The van der Waals surface area contributed by atoms with Crippen LogP contribution in [0.2, 0.25) is 0 Å². The molecule has 3 rings (SSSR count). The van der Waals surface area contributed by atoms with E-state index in [1.54, 1.807) is 0 Å². The fraction of sp³-hybridized carbons (Fsp3) is 0.118. The molecule has 2 aromatic carbocycles. The van der Waals surface area contributed by atoms with Crippen LogP contribution in [0.15, 0.2) is 48.7 Å². The standard InChI is InChI=1S/C17H14INO/c1-11-6-5-8-13(16(11)18)17(20)14-10-19(2)15-9-4-3-7-12(14)15/h3-10H,1-2H3. The fourth-order valence-electron chi connectivity index (χ4n) is 2.49. The van der Waals surface area contributed by atoms with E-state index in [1.807, 2.05) is 67.2 Å². The average Bonchev–Trinajstić information content (AvgIpc) is 2.79. The van der Waals surface area contributed by atoms with Gasteiger partial charge in [-0.05, 0) is 47.2 Å². The van der Waals surface area contributed by atoms with Gasteiger partial charge in [0.15, 0.2) is 5.78 Å². The highest BCUT2D eigenvalue weighted by molar-refractivity contribution is 14.1. The molecule has 0 bridgehead atoms. The largest absolute Gasteiger partial charge is 0.350 e. The molecule has 0 saturated heterocycles. The molecule has 0 spiro atoms. The van der Waals surface area contributed by atoms with E-state index in [0.29, 0.717) is 0 Å². The molecule has 20 heavy (non-hydrogen) atoms. The van der Waals surface area contributed by atoms with Crippen molar-refractivity contribution in [1.29, 1.82) is 0 Å². The molecule has 1 aromatic heterocycles. The number of aromatic nitrogens is 1. The molecule has 2 nitrogen and oxygen atoms in total. The maximum atomic E-state index is 12.8. The van der Waals surface area contributed by atoms with Gasteiger partial charge in [0.2, 0.25) is 0 Å². The third-order valence-corrected chi connectivity index (χ3v) is 5.01. The summed E-state index contributed by atoms with van der Waals surface area (Å²) in [5, 5.41) is 1.01. The molecule has 0 aliphatic carbocycles. The zero-order valence-corrected chi connectivity index (χ0v) is 13.5. The molecule has 100 valence electrons. The maximum absolute atomic E-state index is 12.8. The third-order valence-electron chi connectivity index (χ3n) is 3.58. The van der Waals surface area contributed by atoms with Crippen LogP contribution in [0, 0.1) is 10.5 Å². The number of carbonyl (C=O) groups excluding carboxylic acids is 1. The molecule has 0 fully saturated rings. The first-order chi connectivity index (χ1) is 9.59. The number of carbonyl (C=O) groups is 1. The van der Waals surface area contributed by atoms with Crippen molar-refractivity contribution < 1.29 is 4.79 Å². The second kappa shape index (κ2) is 5.05. The number of aryl methyl sites for hydroxylation is 2. The smallest absolute Gasteiger partial charge is 0.196 e. The number of ketones is 1. The molecule has 3 aromatic rings. The van der Waals surface area contributed by atoms with E-state index >= 15 is 0 Å². The highest BCUT2D eigenvalue weighted by Crippen LogP contribution is 2.25. The van der Waals surface area contributed by atoms with Crippen molar-refractivity contribution in [3.8, 4) is 0 Å². The van der Waals surface area contributed by atoms with Crippen LogP contribution in [-0.4, -0.2) is 10.4 Å². The molecule has 0 N–H and O–H groups in total. The predicted octanol–water partition coefficient (Wildman–Crippen LogP) is 4.32. The van der Waals surface area contributed by atoms with Crippen molar-refractivity contribution in [1.82, 2.24) is 4.57 Å². The van der Waals surface area contributed by atoms with Crippen LogP contribution in [0.4, 0.5) is 0 Å². The minimum atomic E-state index is 0.0925. The van der Waals surface area contributed by atoms with Gasteiger partial charge in [0.1, 0.15) is 0 Å². The SMILES string of the molecule is Cc1cccc(C(=O)c2cn(C)c3ccccc23)c1I. The molecular weight excluding hydrogens is 361 g/mol. The van der Waals surface area contributed by atoms with E-state index in [-0.39, 0.29) is 5.78 Å². The molecule has 0 aliphatic heterocycles. The lowest BCUT2D eigenvalue weighted by Gasteiger charge is -2.05.